The van der Waals surface area contributed by atoms with E-state index in [1.165, 1.54) is 0 Å². The average Bonchev–Trinajstić information content (AvgIpc) is 2.50. The van der Waals surface area contributed by atoms with E-state index < -0.39 is 0 Å². The Bertz CT molecular complexity index is 260. The van der Waals surface area contributed by atoms with Crippen LogP contribution in [-0.2, 0) is 9.53 Å². The van der Waals surface area contributed by atoms with Crippen LogP contribution in [0.1, 0.15) is 0 Å². The molecule has 0 aromatic heterocycles. The maximum absolute atomic E-state index is 12.2. The van der Waals surface area contributed by atoms with E-state index in [2.05, 4.69) is 29.2 Å². The molecule has 6 heteroatoms. The van der Waals surface area contributed by atoms with Crippen LogP contribution in [0.2, 0.25) is 0 Å². The van der Waals surface area contributed by atoms with Gasteiger partial charge in [-0.2, -0.15) is 0 Å². The van der Waals surface area contributed by atoms with Gasteiger partial charge in [-0.3, -0.25) is 9.69 Å². The summed E-state index contributed by atoms with van der Waals surface area (Å²) in [5, 5.41) is 3.00. The van der Waals surface area contributed by atoms with E-state index in [0.717, 1.165) is 13.1 Å². The molecule has 0 radical (unpaired) electrons. The second kappa shape index (κ2) is 7.68. The SMILES string of the molecule is CNC1COCCN(CN(C)CCN(C)C)C1=O. The molecule has 1 saturated heterocycles. The number of ether oxygens (including phenoxy) is 1. The van der Waals surface area contributed by atoms with Crippen LogP contribution in [0.15, 0.2) is 0 Å². The molecule has 1 aliphatic rings. The Morgan fingerprint density at radius 1 is 1.39 bits per heavy atom. The van der Waals surface area contributed by atoms with Gasteiger partial charge in [-0.15, -0.1) is 0 Å². The summed E-state index contributed by atoms with van der Waals surface area (Å²) in [6.07, 6.45) is 0. The Kier molecular flexibility index (Phi) is 6.56. The molecule has 0 spiro atoms. The van der Waals surface area contributed by atoms with Crippen molar-refractivity contribution in [2.24, 2.45) is 0 Å². The number of hydrogen-bond donors (Lipinski definition) is 1. The largest absolute Gasteiger partial charge is 0.377 e. The fourth-order valence-corrected chi connectivity index (χ4v) is 1.86. The lowest BCUT2D eigenvalue weighted by molar-refractivity contribution is -0.134. The van der Waals surface area contributed by atoms with Gasteiger partial charge in [0.25, 0.3) is 0 Å². The van der Waals surface area contributed by atoms with Gasteiger partial charge in [0.05, 0.1) is 19.9 Å². The summed E-state index contributed by atoms with van der Waals surface area (Å²) >= 11 is 0. The molecule has 0 saturated carbocycles. The molecule has 1 heterocycles. The molecule has 1 rings (SSSR count). The number of carbonyl (C=O) groups excluding carboxylic acids is 1. The van der Waals surface area contributed by atoms with Crippen LogP contribution in [0.25, 0.3) is 0 Å². The van der Waals surface area contributed by atoms with E-state index in [0.29, 0.717) is 26.4 Å². The van der Waals surface area contributed by atoms with Crippen molar-refractivity contribution in [1.82, 2.24) is 20.0 Å². The first-order valence-corrected chi connectivity index (χ1v) is 6.41. The highest BCUT2D eigenvalue weighted by molar-refractivity contribution is 5.82. The summed E-state index contributed by atoms with van der Waals surface area (Å²) < 4.78 is 5.43. The van der Waals surface area contributed by atoms with E-state index >= 15 is 0 Å². The minimum absolute atomic E-state index is 0.131. The minimum atomic E-state index is -0.213. The van der Waals surface area contributed by atoms with Crippen molar-refractivity contribution in [1.29, 1.82) is 0 Å². The van der Waals surface area contributed by atoms with Crippen molar-refractivity contribution in [3.8, 4) is 0 Å². The lowest BCUT2D eigenvalue weighted by Crippen LogP contribution is -2.49. The zero-order valence-electron chi connectivity index (χ0n) is 12.0. The van der Waals surface area contributed by atoms with E-state index in [1.54, 1.807) is 7.05 Å². The third-order valence-corrected chi connectivity index (χ3v) is 3.09. The van der Waals surface area contributed by atoms with Crippen molar-refractivity contribution >= 4 is 5.91 Å². The molecule has 1 aliphatic heterocycles. The molecule has 1 unspecified atom stereocenters. The lowest BCUT2D eigenvalue weighted by Gasteiger charge is -2.29. The summed E-state index contributed by atoms with van der Waals surface area (Å²) in [5.41, 5.74) is 0. The molecular weight excluding hydrogens is 232 g/mol. The number of likely N-dealkylation sites (N-methyl/N-ethyl adjacent to an activating group) is 3. The molecule has 0 bridgehead atoms. The second-order valence-corrected chi connectivity index (χ2v) is 5.04. The number of hydrogen-bond acceptors (Lipinski definition) is 5. The third-order valence-electron chi connectivity index (χ3n) is 3.09. The zero-order chi connectivity index (χ0) is 13.5. The molecule has 1 fully saturated rings. The Hall–Kier alpha value is -0.690. The number of nitrogens with zero attached hydrogens (tertiary/aromatic N) is 3. The van der Waals surface area contributed by atoms with Crippen molar-refractivity contribution in [2.45, 2.75) is 6.04 Å². The number of rotatable bonds is 6. The average molecular weight is 258 g/mol. The highest BCUT2D eigenvalue weighted by atomic mass is 16.5. The van der Waals surface area contributed by atoms with Gasteiger partial charge >= 0.3 is 0 Å². The van der Waals surface area contributed by atoms with Crippen molar-refractivity contribution in [3.05, 3.63) is 0 Å². The molecule has 0 aliphatic carbocycles. The van der Waals surface area contributed by atoms with Crippen LogP contribution in [0.4, 0.5) is 0 Å². The first-order valence-electron chi connectivity index (χ1n) is 6.41. The first kappa shape index (κ1) is 15.4. The van der Waals surface area contributed by atoms with Gasteiger partial charge in [0.2, 0.25) is 5.91 Å². The van der Waals surface area contributed by atoms with Crippen LogP contribution in [-0.4, -0.2) is 94.4 Å². The van der Waals surface area contributed by atoms with Gasteiger partial charge in [-0.1, -0.05) is 0 Å². The maximum atomic E-state index is 12.2. The number of amides is 1. The molecule has 6 nitrogen and oxygen atoms in total. The monoisotopic (exact) mass is 258 g/mol. The van der Waals surface area contributed by atoms with E-state index in [9.17, 15) is 4.79 Å². The molecule has 18 heavy (non-hydrogen) atoms. The highest BCUT2D eigenvalue weighted by Crippen LogP contribution is 2.03. The predicted molar refractivity (Wildman–Crippen MR) is 71.4 cm³/mol. The van der Waals surface area contributed by atoms with Gasteiger partial charge in [0, 0.05) is 19.6 Å². The molecule has 1 N–H and O–H groups in total. The van der Waals surface area contributed by atoms with Gasteiger partial charge < -0.3 is 19.9 Å². The molecule has 106 valence electrons. The van der Waals surface area contributed by atoms with Crippen LogP contribution < -0.4 is 5.32 Å². The van der Waals surface area contributed by atoms with Crippen LogP contribution in [0.5, 0.6) is 0 Å². The summed E-state index contributed by atoms with van der Waals surface area (Å²) in [6, 6.07) is -0.213. The maximum Gasteiger partial charge on any atom is 0.243 e. The molecule has 0 aromatic carbocycles. The molecule has 1 amide bonds. The molecule has 1 atom stereocenters. The van der Waals surface area contributed by atoms with Gasteiger partial charge in [0.1, 0.15) is 6.04 Å². The van der Waals surface area contributed by atoms with Crippen molar-refractivity contribution < 1.29 is 9.53 Å². The van der Waals surface area contributed by atoms with Crippen LogP contribution in [0, 0.1) is 0 Å². The molecule has 0 aromatic rings. The predicted octanol–water partition coefficient (Wildman–Crippen LogP) is -1.12. The Morgan fingerprint density at radius 3 is 2.72 bits per heavy atom. The van der Waals surface area contributed by atoms with Crippen molar-refractivity contribution in [2.75, 3.05) is 67.7 Å². The first-order chi connectivity index (χ1) is 8.54. The normalized spacial score (nSPS) is 21.8. The fraction of sp³-hybridized carbons (Fsp3) is 0.917. The lowest BCUT2D eigenvalue weighted by atomic mass is 10.3. The Balaban J connectivity index is 2.45. The summed E-state index contributed by atoms with van der Waals surface area (Å²) in [7, 11) is 7.94. The smallest absolute Gasteiger partial charge is 0.243 e. The zero-order valence-corrected chi connectivity index (χ0v) is 12.0. The fourth-order valence-electron chi connectivity index (χ4n) is 1.86. The van der Waals surface area contributed by atoms with E-state index in [1.807, 2.05) is 11.9 Å². The molecular formula is C12H26N4O2. The summed E-state index contributed by atoms with van der Waals surface area (Å²) in [6.45, 7) is 4.35. The van der Waals surface area contributed by atoms with Crippen LogP contribution in [0.3, 0.4) is 0 Å². The topological polar surface area (TPSA) is 48.1 Å². The number of carbonyl (C=O) groups is 1. The van der Waals surface area contributed by atoms with Gasteiger partial charge in [0.15, 0.2) is 0 Å². The third kappa shape index (κ3) is 4.89. The van der Waals surface area contributed by atoms with Crippen molar-refractivity contribution in [3.63, 3.8) is 0 Å². The summed E-state index contributed by atoms with van der Waals surface area (Å²) in [4.78, 5) is 18.4. The number of nitrogens with one attached hydrogen (secondary N) is 1. The Labute approximate surface area is 110 Å². The highest BCUT2D eigenvalue weighted by Gasteiger charge is 2.26. The van der Waals surface area contributed by atoms with E-state index in [4.69, 9.17) is 4.74 Å². The standard InChI is InChI=1S/C12H26N4O2/c1-13-11-9-18-8-7-16(12(11)17)10-15(4)6-5-14(2)3/h11,13H,5-10H2,1-4H3. The van der Waals surface area contributed by atoms with Gasteiger partial charge in [-0.25, -0.2) is 0 Å². The van der Waals surface area contributed by atoms with Crippen LogP contribution >= 0.6 is 0 Å². The summed E-state index contributed by atoms with van der Waals surface area (Å²) in [5.74, 6) is 0.131. The minimum Gasteiger partial charge on any atom is -0.377 e. The quantitative estimate of drug-likeness (QED) is 0.654. The second-order valence-electron chi connectivity index (χ2n) is 5.04. The van der Waals surface area contributed by atoms with Gasteiger partial charge in [-0.05, 0) is 28.2 Å². The van der Waals surface area contributed by atoms with E-state index in [-0.39, 0.29) is 11.9 Å². The Morgan fingerprint density at radius 2 is 2.11 bits per heavy atom.